The average molecular weight is 280 g/mol. The molecule has 108 valence electrons. The van der Waals surface area contributed by atoms with E-state index < -0.39 is 0 Å². The smallest absolute Gasteiger partial charge is 0.224 e. The van der Waals surface area contributed by atoms with Crippen LogP contribution in [-0.2, 0) is 17.6 Å². The molecule has 3 heteroatoms. The second-order valence-electron chi connectivity index (χ2n) is 5.67. The van der Waals surface area contributed by atoms with E-state index in [1.807, 2.05) is 37.3 Å². The van der Waals surface area contributed by atoms with E-state index in [9.17, 15) is 4.79 Å². The first-order chi connectivity index (χ1) is 10.2. The third-order valence-electron chi connectivity index (χ3n) is 3.83. The number of anilines is 1. The summed E-state index contributed by atoms with van der Waals surface area (Å²) in [5.74, 6) is 0.0896. The molecule has 1 heterocycles. The van der Waals surface area contributed by atoms with E-state index in [4.69, 9.17) is 0 Å². The van der Waals surface area contributed by atoms with Gasteiger partial charge in [-0.2, -0.15) is 0 Å². The topological polar surface area (TPSA) is 41.1 Å². The van der Waals surface area contributed by atoms with Gasteiger partial charge in [0.25, 0.3) is 0 Å². The van der Waals surface area contributed by atoms with Crippen LogP contribution in [0.25, 0.3) is 0 Å². The number of para-hydroxylation sites is 1. The van der Waals surface area contributed by atoms with Gasteiger partial charge in [0.2, 0.25) is 5.91 Å². The molecule has 1 atom stereocenters. The van der Waals surface area contributed by atoms with E-state index in [1.165, 1.54) is 16.8 Å². The van der Waals surface area contributed by atoms with Crippen molar-refractivity contribution in [3.05, 3.63) is 65.2 Å². The van der Waals surface area contributed by atoms with Crippen LogP contribution in [0.15, 0.2) is 48.5 Å². The van der Waals surface area contributed by atoms with Crippen LogP contribution in [-0.4, -0.2) is 18.5 Å². The maximum absolute atomic E-state index is 12.2. The molecule has 2 aromatic rings. The van der Waals surface area contributed by atoms with Crippen LogP contribution >= 0.6 is 0 Å². The zero-order valence-electron chi connectivity index (χ0n) is 12.2. The molecule has 0 radical (unpaired) electrons. The number of aryl methyl sites for hydroxylation is 1. The van der Waals surface area contributed by atoms with Gasteiger partial charge in [-0.1, -0.05) is 48.0 Å². The number of rotatable bonds is 3. The molecule has 1 unspecified atom stereocenters. The largest absolute Gasteiger partial charge is 0.383 e. The van der Waals surface area contributed by atoms with Gasteiger partial charge in [-0.05, 0) is 30.5 Å². The van der Waals surface area contributed by atoms with Crippen LogP contribution in [0.4, 0.5) is 5.69 Å². The second kappa shape index (κ2) is 6.00. The van der Waals surface area contributed by atoms with Gasteiger partial charge in [-0.3, -0.25) is 4.79 Å². The van der Waals surface area contributed by atoms with E-state index in [2.05, 4.69) is 28.8 Å². The van der Waals surface area contributed by atoms with Crippen molar-refractivity contribution in [2.45, 2.75) is 25.8 Å². The molecule has 1 aliphatic heterocycles. The van der Waals surface area contributed by atoms with Crippen molar-refractivity contribution in [3.63, 3.8) is 0 Å². The quantitative estimate of drug-likeness (QED) is 0.907. The highest BCUT2D eigenvalue weighted by Crippen LogP contribution is 2.21. The van der Waals surface area contributed by atoms with Crippen molar-refractivity contribution in [3.8, 4) is 0 Å². The Morgan fingerprint density at radius 3 is 2.95 bits per heavy atom. The standard InChI is InChI=1S/C18H20N2O/c1-13-5-4-6-14(9-13)10-18(21)20-16-11-15-7-2-3-8-17(15)19-12-16/h2-9,16,19H,10-12H2,1H3,(H,20,21). The molecule has 3 rings (SSSR count). The first-order valence-electron chi connectivity index (χ1n) is 7.37. The Balaban J connectivity index is 1.59. The first kappa shape index (κ1) is 13.7. The number of fused-ring (bicyclic) bond motifs is 1. The van der Waals surface area contributed by atoms with Crippen molar-refractivity contribution in [2.24, 2.45) is 0 Å². The Bertz CT molecular complexity index is 651. The molecule has 21 heavy (non-hydrogen) atoms. The van der Waals surface area contributed by atoms with Crippen LogP contribution in [0.2, 0.25) is 0 Å². The highest BCUT2D eigenvalue weighted by molar-refractivity contribution is 5.79. The van der Waals surface area contributed by atoms with Gasteiger partial charge in [0.1, 0.15) is 0 Å². The summed E-state index contributed by atoms with van der Waals surface area (Å²) >= 11 is 0. The maximum Gasteiger partial charge on any atom is 0.224 e. The average Bonchev–Trinajstić information content (AvgIpc) is 2.47. The van der Waals surface area contributed by atoms with Crippen molar-refractivity contribution in [1.82, 2.24) is 5.32 Å². The molecule has 0 bridgehead atoms. The summed E-state index contributed by atoms with van der Waals surface area (Å²) in [5, 5.41) is 6.50. The van der Waals surface area contributed by atoms with Gasteiger partial charge in [-0.15, -0.1) is 0 Å². The summed E-state index contributed by atoms with van der Waals surface area (Å²) in [7, 11) is 0. The van der Waals surface area contributed by atoms with Gasteiger partial charge in [0, 0.05) is 12.2 Å². The lowest BCUT2D eigenvalue weighted by Gasteiger charge is -2.27. The Hall–Kier alpha value is -2.29. The number of hydrogen-bond acceptors (Lipinski definition) is 2. The number of amides is 1. The Labute approximate surface area is 125 Å². The Morgan fingerprint density at radius 1 is 1.24 bits per heavy atom. The predicted octanol–water partition coefficient (Wildman–Crippen LogP) is 2.69. The van der Waals surface area contributed by atoms with Crippen molar-refractivity contribution in [1.29, 1.82) is 0 Å². The lowest BCUT2D eigenvalue weighted by atomic mass is 9.99. The van der Waals surface area contributed by atoms with Gasteiger partial charge in [0.15, 0.2) is 0 Å². The molecule has 0 saturated carbocycles. The van der Waals surface area contributed by atoms with E-state index in [0.29, 0.717) is 6.42 Å². The zero-order valence-corrected chi connectivity index (χ0v) is 12.2. The lowest BCUT2D eigenvalue weighted by molar-refractivity contribution is -0.121. The molecule has 0 aliphatic carbocycles. The minimum absolute atomic E-state index is 0.0896. The highest BCUT2D eigenvalue weighted by atomic mass is 16.1. The number of hydrogen-bond donors (Lipinski definition) is 2. The normalized spacial score (nSPS) is 16.7. The first-order valence-corrected chi connectivity index (χ1v) is 7.37. The minimum Gasteiger partial charge on any atom is -0.383 e. The zero-order chi connectivity index (χ0) is 14.7. The molecule has 3 nitrogen and oxygen atoms in total. The van der Waals surface area contributed by atoms with Crippen LogP contribution in [0.3, 0.4) is 0 Å². The Kier molecular flexibility index (Phi) is 3.91. The van der Waals surface area contributed by atoms with Gasteiger partial charge >= 0.3 is 0 Å². The fourth-order valence-electron chi connectivity index (χ4n) is 2.83. The molecule has 0 fully saturated rings. The predicted molar refractivity (Wildman–Crippen MR) is 85.4 cm³/mol. The third-order valence-corrected chi connectivity index (χ3v) is 3.83. The summed E-state index contributed by atoms with van der Waals surface area (Å²) in [6.45, 7) is 2.83. The molecule has 0 saturated heterocycles. The van der Waals surface area contributed by atoms with E-state index in [-0.39, 0.29) is 11.9 Å². The van der Waals surface area contributed by atoms with Crippen LogP contribution in [0.5, 0.6) is 0 Å². The number of carbonyl (C=O) groups excluding carboxylic acids is 1. The van der Waals surface area contributed by atoms with Crippen molar-refractivity contribution < 1.29 is 4.79 Å². The van der Waals surface area contributed by atoms with E-state index >= 15 is 0 Å². The fourth-order valence-corrected chi connectivity index (χ4v) is 2.83. The van der Waals surface area contributed by atoms with E-state index in [0.717, 1.165) is 18.5 Å². The molecular formula is C18H20N2O. The van der Waals surface area contributed by atoms with Gasteiger partial charge in [-0.25, -0.2) is 0 Å². The fraction of sp³-hybridized carbons (Fsp3) is 0.278. The molecule has 0 aromatic heterocycles. The summed E-state index contributed by atoms with van der Waals surface area (Å²) in [5.41, 5.74) is 4.71. The summed E-state index contributed by atoms with van der Waals surface area (Å²) < 4.78 is 0. The monoisotopic (exact) mass is 280 g/mol. The second-order valence-corrected chi connectivity index (χ2v) is 5.67. The van der Waals surface area contributed by atoms with Crippen LogP contribution in [0, 0.1) is 6.92 Å². The number of carbonyl (C=O) groups is 1. The molecule has 2 aromatic carbocycles. The summed E-state index contributed by atoms with van der Waals surface area (Å²) in [4.78, 5) is 12.2. The molecular weight excluding hydrogens is 260 g/mol. The maximum atomic E-state index is 12.2. The summed E-state index contributed by atoms with van der Waals surface area (Å²) in [6.07, 6.45) is 1.34. The molecule has 0 spiro atoms. The molecule has 2 N–H and O–H groups in total. The van der Waals surface area contributed by atoms with Crippen molar-refractivity contribution >= 4 is 11.6 Å². The van der Waals surface area contributed by atoms with E-state index in [1.54, 1.807) is 0 Å². The third kappa shape index (κ3) is 3.43. The SMILES string of the molecule is Cc1cccc(CC(=O)NC2CNc3ccccc3C2)c1. The number of benzene rings is 2. The van der Waals surface area contributed by atoms with Gasteiger partial charge in [0.05, 0.1) is 12.5 Å². The summed E-state index contributed by atoms with van der Waals surface area (Å²) in [6, 6.07) is 16.5. The lowest BCUT2D eigenvalue weighted by Crippen LogP contribution is -2.44. The van der Waals surface area contributed by atoms with Crippen molar-refractivity contribution in [2.75, 3.05) is 11.9 Å². The van der Waals surface area contributed by atoms with Crippen LogP contribution < -0.4 is 10.6 Å². The van der Waals surface area contributed by atoms with Crippen LogP contribution in [0.1, 0.15) is 16.7 Å². The Morgan fingerprint density at radius 2 is 2.10 bits per heavy atom. The highest BCUT2D eigenvalue weighted by Gasteiger charge is 2.19. The van der Waals surface area contributed by atoms with Gasteiger partial charge < -0.3 is 10.6 Å². The minimum atomic E-state index is 0.0896. The number of nitrogens with one attached hydrogen (secondary N) is 2. The molecule has 1 amide bonds. The molecule has 1 aliphatic rings.